The van der Waals surface area contributed by atoms with Crippen LogP contribution in [0.4, 0.5) is 0 Å². The lowest BCUT2D eigenvalue weighted by atomic mass is 9.94. The number of nitrogens with one attached hydrogen (secondary N) is 1. The molecule has 1 N–H and O–H groups in total. The van der Waals surface area contributed by atoms with Crippen molar-refractivity contribution in [3.05, 3.63) is 34.4 Å². The molecule has 1 aromatic carbocycles. The van der Waals surface area contributed by atoms with Crippen LogP contribution in [0, 0.1) is 26.7 Å². The highest BCUT2D eigenvalue weighted by Crippen LogP contribution is 2.24. The van der Waals surface area contributed by atoms with Crippen molar-refractivity contribution in [3.8, 4) is 0 Å². The number of hydrogen-bond donors (Lipinski definition) is 1. The topological polar surface area (TPSA) is 21.3 Å². The molecule has 0 saturated carbocycles. The number of aryl methyl sites for hydroxylation is 3. The van der Waals surface area contributed by atoms with Crippen molar-refractivity contribution < 1.29 is 4.74 Å². The van der Waals surface area contributed by atoms with Gasteiger partial charge in [0.25, 0.3) is 0 Å². The molecule has 0 heterocycles. The number of benzene rings is 1. The van der Waals surface area contributed by atoms with Crippen molar-refractivity contribution in [1.29, 1.82) is 0 Å². The van der Waals surface area contributed by atoms with Crippen LogP contribution in [0.5, 0.6) is 0 Å². The van der Waals surface area contributed by atoms with Gasteiger partial charge in [-0.2, -0.15) is 0 Å². The Hall–Kier alpha value is -0.860. The van der Waals surface area contributed by atoms with Gasteiger partial charge < -0.3 is 10.1 Å². The van der Waals surface area contributed by atoms with E-state index in [0.29, 0.717) is 12.0 Å². The molecule has 0 spiro atoms. The van der Waals surface area contributed by atoms with Gasteiger partial charge in [0.05, 0.1) is 12.6 Å². The lowest BCUT2D eigenvalue weighted by Crippen LogP contribution is -2.27. The summed E-state index contributed by atoms with van der Waals surface area (Å²) in [4.78, 5) is 0. The summed E-state index contributed by atoms with van der Waals surface area (Å²) in [6.45, 7) is 15.8. The van der Waals surface area contributed by atoms with E-state index in [1.165, 1.54) is 22.3 Å². The first-order chi connectivity index (χ1) is 9.45. The Morgan fingerprint density at radius 1 is 1.10 bits per heavy atom. The van der Waals surface area contributed by atoms with E-state index in [2.05, 4.69) is 59.0 Å². The average Bonchev–Trinajstić information content (AvgIpc) is 2.32. The molecule has 0 aliphatic rings. The van der Waals surface area contributed by atoms with Gasteiger partial charge >= 0.3 is 0 Å². The third-order valence-electron chi connectivity index (χ3n) is 3.66. The smallest absolute Gasteiger partial charge is 0.0661 e. The Labute approximate surface area is 124 Å². The third-order valence-corrected chi connectivity index (χ3v) is 3.66. The molecule has 0 saturated heterocycles. The SMILES string of the molecule is CCNC(COCCC(C)C)c1c(C)cc(C)cc1C. The van der Waals surface area contributed by atoms with Crippen LogP contribution in [0.2, 0.25) is 0 Å². The predicted molar refractivity (Wildman–Crippen MR) is 87.3 cm³/mol. The highest BCUT2D eigenvalue weighted by Gasteiger charge is 2.16. The number of ether oxygens (including phenoxy) is 1. The summed E-state index contributed by atoms with van der Waals surface area (Å²) in [6, 6.07) is 4.83. The fourth-order valence-electron chi connectivity index (χ4n) is 2.75. The highest BCUT2D eigenvalue weighted by molar-refractivity contribution is 5.39. The van der Waals surface area contributed by atoms with Crippen molar-refractivity contribution in [3.63, 3.8) is 0 Å². The Bertz CT molecular complexity index is 389. The van der Waals surface area contributed by atoms with Gasteiger partial charge in [0.1, 0.15) is 0 Å². The summed E-state index contributed by atoms with van der Waals surface area (Å²) < 4.78 is 5.89. The van der Waals surface area contributed by atoms with E-state index in [1.54, 1.807) is 0 Å². The maximum Gasteiger partial charge on any atom is 0.0661 e. The molecule has 0 fully saturated rings. The van der Waals surface area contributed by atoms with Gasteiger partial charge in [-0.3, -0.25) is 0 Å². The molecule has 0 amide bonds. The summed E-state index contributed by atoms with van der Waals surface area (Å²) in [6.07, 6.45) is 1.13. The summed E-state index contributed by atoms with van der Waals surface area (Å²) in [7, 11) is 0. The molecule has 0 aliphatic heterocycles. The molecule has 0 aliphatic carbocycles. The van der Waals surface area contributed by atoms with E-state index in [1.807, 2.05) is 0 Å². The summed E-state index contributed by atoms with van der Waals surface area (Å²) in [5, 5.41) is 3.56. The van der Waals surface area contributed by atoms with Crippen LogP contribution in [0.3, 0.4) is 0 Å². The molecular formula is C18H31NO. The average molecular weight is 277 g/mol. The van der Waals surface area contributed by atoms with Crippen LogP contribution in [-0.2, 0) is 4.74 Å². The molecule has 1 unspecified atom stereocenters. The molecule has 0 radical (unpaired) electrons. The highest BCUT2D eigenvalue weighted by atomic mass is 16.5. The predicted octanol–water partition coefficient (Wildman–Crippen LogP) is 4.33. The Balaban J connectivity index is 2.75. The van der Waals surface area contributed by atoms with E-state index >= 15 is 0 Å². The van der Waals surface area contributed by atoms with Crippen LogP contribution in [-0.4, -0.2) is 19.8 Å². The molecule has 114 valence electrons. The first kappa shape index (κ1) is 17.2. The molecule has 2 heteroatoms. The van der Waals surface area contributed by atoms with E-state index in [-0.39, 0.29) is 0 Å². The van der Waals surface area contributed by atoms with Gasteiger partial charge in [0.15, 0.2) is 0 Å². The fourth-order valence-corrected chi connectivity index (χ4v) is 2.75. The summed E-state index contributed by atoms with van der Waals surface area (Å²) in [5.74, 6) is 0.704. The lowest BCUT2D eigenvalue weighted by molar-refractivity contribution is 0.102. The normalized spacial score (nSPS) is 12.9. The molecular weight excluding hydrogens is 246 g/mol. The first-order valence-corrected chi connectivity index (χ1v) is 7.84. The number of hydrogen-bond acceptors (Lipinski definition) is 2. The van der Waals surface area contributed by atoms with E-state index in [0.717, 1.165) is 26.2 Å². The van der Waals surface area contributed by atoms with Crippen molar-refractivity contribution >= 4 is 0 Å². The van der Waals surface area contributed by atoms with Crippen LogP contribution in [0.25, 0.3) is 0 Å². The second-order valence-electron chi connectivity index (χ2n) is 6.18. The van der Waals surface area contributed by atoms with Gasteiger partial charge in [-0.1, -0.05) is 38.5 Å². The first-order valence-electron chi connectivity index (χ1n) is 7.84. The number of rotatable bonds is 8. The zero-order chi connectivity index (χ0) is 15.1. The van der Waals surface area contributed by atoms with Gasteiger partial charge in [0, 0.05) is 6.61 Å². The van der Waals surface area contributed by atoms with Gasteiger partial charge in [-0.25, -0.2) is 0 Å². The Morgan fingerprint density at radius 2 is 1.70 bits per heavy atom. The maximum atomic E-state index is 5.89. The molecule has 0 aromatic heterocycles. The molecule has 1 rings (SSSR count). The van der Waals surface area contributed by atoms with Crippen LogP contribution >= 0.6 is 0 Å². The minimum Gasteiger partial charge on any atom is -0.379 e. The summed E-state index contributed by atoms with van der Waals surface area (Å²) >= 11 is 0. The van der Waals surface area contributed by atoms with Crippen LogP contribution < -0.4 is 5.32 Å². The second-order valence-corrected chi connectivity index (χ2v) is 6.18. The molecule has 0 bridgehead atoms. The number of likely N-dealkylation sites (N-methyl/N-ethyl adjacent to an activating group) is 1. The Kier molecular flexibility index (Phi) is 7.25. The van der Waals surface area contributed by atoms with Gasteiger partial charge in [0.2, 0.25) is 0 Å². The monoisotopic (exact) mass is 277 g/mol. The largest absolute Gasteiger partial charge is 0.379 e. The molecule has 20 heavy (non-hydrogen) atoms. The quantitative estimate of drug-likeness (QED) is 0.714. The molecule has 1 aromatic rings. The lowest BCUT2D eigenvalue weighted by Gasteiger charge is -2.23. The fraction of sp³-hybridized carbons (Fsp3) is 0.667. The zero-order valence-electron chi connectivity index (χ0n) is 14.0. The van der Waals surface area contributed by atoms with E-state index in [9.17, 15) is 0 Å². The third kappa shape index (κ3) is 5.26. The van der Waals surface area contributed by atoms with Crippen molar-refractivity contribution in [1.82, 2.24) is 5.32 Å². The Morgan fingerprint density at radius 3 is 2.20 bits per heavy atom. The second kappa shape index (κ2) is 8.43. The minimum atomic E-state index is 0.299. The maximum absolute atomic E-state index is 5.89. The van der Waals surface area contributed by atoms with Crippen LogP contribution in [0.1, 0.15) is 55.5 Å². The zero-order valence-corrected chi connectivity index (χ0v) is 14.0. The van der Waals surface area contributed by atoms with Crippen LogP contribution in [0.15, 0.2) is 12.1 Å². The van der Waals surface area contributed by atoms with Gasteiger partial charge in [-0.15, -0.1) is 0 Å². The molecule has 2 nitrogen and oxygen atoms in total. The minimum absolute atomic E-state index is 0.299. The molecule has 1 atom stereocenters. The van der Waals surface area contributed by atoms with Gasteiger partial charge in [-0.05, 0) is 56.3 Å². The van der Waals surface area contributed by atoms with Crippen molar-refractivity contribution in [2.75, 3.05) is 19.8 Å². The van der Waals surface area contributed by atoms with Crippen molar-refractivity contribution in [2.45, 2.75) is 54.0 Å². The standard InChI is InChI=1S/C18H31NO/c1-7-19-17(12-20-9-8-13(2)3)18-15(5)10-14(4)11-16(18)6/h10-11,13,17,19H,7-9,12H2,1-6H3. The van der Waals surface area contributed by atoms with Crippen molar-refractivity contribution in [2.24, 2.45) is 5.92 Å². The summed E-state index contributed by atoms with van der Waals surface area (Å²) in [5.41, 5.74) is 5.46. The van der Waals surface area contributed by atoms with E-state index < -0.39 is 0 Å². The van der Waals surface area contributed by atoms with E-state index in [4.69, 9.17) is 4.74 Å².